The zero-order valence-corrected chi connectivity index (χ0v) is 33.4. The standard InChI is InChI=1S/C12H19N3O2.C11H15NO2S.C8H17F.C2H6.K/c1-5-11(16)15-10(9(2)3)8-12(17)14-7-6-13-4;1-4-8(13)5-9-7(2)6-15-10(9)11(14)12-3;1-4-6-8(3,9)7-5-2;1-2;/h2,13H,5-7H2,1,3-4H3,(H,14,17)(H,15,16);6H,4-5H2,1-3H3,(H,12,14);4-7H2,1-3H3;1-2H3;/q-2;;;;+1. The monoisotopic (exact) mass is 663 g/mol. The number of amides is 3. The van der Waals surface area contributed by atoms with Gasteiger partial charge in [0.2, 0.25) is 5.91 Å². The first kappa shape index (κ1) is 49.7. The molecule has 0 aliphatic heterocycles. The first-order valence-corrected chi connectivity index (χ1v) is 16.1. The molecule has 0 aliphatic carbocycles. The predicted octanol–water partition coefficient (Wildman–Crippen LogP) is 3.20. The number of likely N-dealkylation sites (N-methyl/N-ethyl adjacent to an activating group) is 1. The molecule has 0 spiro atoms. The minimum Gasteiger partial charge on any atom is -0.438 e. The van der Waals surface area contributed by atoms with Crippen molar-refractivity contribution in [2.75, 3.05) is 27.2 Å². The van der Waals surface area contributed by atoms with Crippen molar-refractivity contribution in [3.8, 4) is 0 Å². The van der Waals surface area contributed by atoms with Gasteiger partial charge in [0, 0.05) is 39.4 Å². The van der Waals surface area contributed by atoms with E-state index in [9.17, 15) is 23.6 Å². The van der Waals surface area contributed by atoms with Crippen LogP contribution < -0.4 is 72.7 Å². The molecule has 0 saturated carbocycles. The molecule has 8 nitrogen and oxygen atoms in total. The van der Waals surface area contributed by atoms with Gasteiger partial charge in [0.25, 0.3) is 5.91 Å². The maximum atomic E-state index is 13.1. The summed E-state index contributed by atoms with van der Waals surface area (Å²) in [6, 6.07) is 0. The van der Waals surface area contributed by atoms with Crippen LogP contribution in [0.2, 0.25) is 0 Å². The van der Waals surface area contributed by atoms with E-state index in [1.54, 1.807) is 34.9 Å². The molecule has 1 rings (SSSR count). The summed E-state index contributed by atoms with van der Waals surface area (Å²) in [4.78, 5) is 46.1. The Bertz CT molecular complexity index is 1000. The Labute approximate surface area is 313 Å². The average molecular weight is 664 g/mol. The first-order chi connectivity index (χ1) is 20.2. The fraction of sp³-hybridized carbons (Fsp3) is 0.636. The van der Waals surface area contributed by atoms with Gasteiger partial charge < -0.3 is 33.4 Å². The van der Waals surface area contributed by atoms with Gasteiger partial charge in [0.1, 0.15) is 17.4 Å². The molecular formula is C33H57FKN4O4S-. The van der Waals surface area contributed by atoms with Crippen molar-refractivity contribution < 1.29 is 75.0 Å². The van der Waals surface area contributed by atoms with Crippen molar-refractivity contribution in [3.63, 3.8) is 0 Å². The van der Waals surface area contributed by atoms with Gasteiger partial charge in [0.15, 0.2) is 0 Å². The second kappa shape index (κ2) is 30.4. The third-order valence-electron chi connectivity index (χ3n) is 5.73. The zero-order chi connectivity index (χ0) is 34.0. The number of alkyl halides is 1. The van der Waals surface area contributed by atoms with E-state index in [0.717, 1.165) is 24.0 Å². The quantitative estimate of drug-likeness (QED) is 0.0757. The van der Waals surface area contributed by atoms with Crippen molar-refractivity contribution in [2.45, 2.75) is 113 Å². The molecule has 1 heterocycles. The number of hydrogen-bond acceptors (Lipinski definition) is 6. The van der Waals surface area contributed by atoms with Gasteiger partial charge in [-0.15, -0.1) is 18.3 Å². The number of carbonyl (C=O) groups is 4. The number of hydrogen-bond donors (Lipinski definition) is 4. The van der Waals surface area contributed by atoms with Crippen LogP contribution in [-0.4, -0.2) is 56.4 Å². The maximum absolute atomic E-state index is 13.1. The van der Waals surface area contributed by atoms with E-state index < -0.39 is 11.6 Å². The molecule has 3 amide bonds. The molecule has 0 fully saturated rings. The van der Waals surface area contributed by atoms with Crippen molar-refractivity contribution >= 4 is 34.8 Å². The predicted molar refractivity (Wildman–Crippen MR) is 178 cm³/mol. The summed E-state index contributed by atoms with van der Waals surface area (Å²) in [6.07, 6.45) is 7.01. The van der Waals surface area contributed by atoms with Crippen LogP contribution in [0.5, 0.6) is 0 Å². The second-order valence-electron chi connectivity index (χ2n) is 9.73. The molecule has 44 heavy (non-hydrogen) atoms. The van der Waals surface area contributed by atoms with E-state index in [0.29, 0.717) is 55.6 Å². The topological polar surface area (TPSA) is 116 Å². The molecule has 0 bridgehead atoms. The van der Waals surface area contributed by atoms with Crippen LogP contribution in [-0.2, 0) is 20.8 Å². The SMILES string of the molecule is CC.CCC(=O)Cc1c(C)csc1C(=O)NC.CCCC(C)(F)CCC.[CH-]=C(C)C(=[C-]C(=O)NCCNC)NC(=O)CC.[K+]. The number of nitrogens with one attached hydrogen (secondary N) is 4. The van der Waals surface area contributed by atoms with Crippen LogP contribution >= 0.6 is 11.3 Å². The van der Waals surface area contributed by atoms with Gasteiger partial charge in [0.05, 0.1) is 4.88 Å². The van der Waals surface area contributed by atoms with E-state index in [4.69, 9.17) is 6.58 Å². The van der Waals surface area contributed by atoms with Gasteiger partial charge in [-0.2, -0.15) is 0 Å². The van der Waals surface area contributed by atoms with Gasteiger partial charge in [-0.3, -0.25) is 31.0 Å². The largest absolute Gasteiger partial charge is 1.00 e. The fourth-order valence-corrected chi connectivity index (χ4v) is 4.42. The Morgan fingerprint density at radius 2 is 1.55 bits per heavy atom. The van der Waals surface area contributed by atoms with E-state index in [2.05, 4.69) is 27.3 Å². The Morgan fingerprint density at radius 1 is 1.00 bits per heavy atom. The first-order valence-electron chi connectivity index (χ1n) is 15.2. The van der Waals surface area contributed by atoms with E-state index >= 15 is 0 Å². The van der Waals surface area contributed by atoms with Crippen molar-refractivity contribution in [1.82, 2.24) is 21.3 Å². The summed E-state index contributed by atoms with van der Waals surface area (Å²) in [5, 5.41) is 12.5. The molecule has 0 aliphatic rings. The smallest absolute Gasteiger partial charge is 0.438 e. The number of halogens is 1. The van der Waals surface area contributed by atoms with Gasteiger partial charge in [-0.25, -0.2) is 4.39 Å². The third kappa shape index (κ3) is 25.0. The Hall–Kier alpha value is -1.21. The summed E-state index contributed by atoms with van der Waals surface area (Å²) < 4.78 is 13.1. The average Bonchev–Trinajstić information content (AvgIpc) is 3.33. The minimum absolute atomic E-state index is 0. The molecular weight excluding hydrogens is 607 g/mol. The Balaban J connectivity index is -0.000000272. The normalized spacial score (nSPS) is 10.2. The summed E-state index contributed by atoms with van der Waals surface area (Å²) in [5.41, 5.74) is 1.57. The molecule has 11 heteroatoms. The summed E-state index contributed by atoms with van der Waals surface area (Å²) in [5.74, 6) is -0.551. The summed E-state index contributed by atoms with van der Waals surface area (Å²) in [7, 11) is 3.39. The number of thiophene rings is 1. The molecule has 0 radical (unpaired) electrons. The van der Waals surface area contributed by atoms with Crippen LogP contribution in [0.25, 0.3) is 0 Å². The van der Waals surface area contributed by atoms with Crippen LogP contribution in [0, 0.1) is 19.6 Å². The second-order valence-corrected chi connectivity index (χ2v) is 10.6. The van der Waals surface area contributed by atoms with Crippen molar-refractivity contribution in [2.24, 2.45) is 0 Å². The van der Waals surface area contributed by atoms with Crippen molar-refractivity contribution in [1.29, 1.82) is 0 Å². The molecule has 0 unspecified atom stereocenters. The maximum Gasteiger partial charge on any atom is 1.00 e. The van der Waals surface area contributed by atoms with Gasteiger partial charge in [-0.1, -0.05) is 54.4 Å². The van der Waals surface area contributed by atoms with Crippen LogP contribution in [0.15, 0.2) is 16.7 Å². The number of allylic oxidation sites excluding steroid dienone is 1. The number of carbonyl (C=O) groups excluding carboxylic acids is 4. The van der Waals surface area contributed by atoms with Crippen LogP contribution in [0.1, 0.15) is 115 Å². The zero-order valence-electron chi connectivity index (χ0n) is 29.4. The minimum atomic E-state index is -0.899. The van der Waals surface area contributed by atoms with Crippen LogP contribution in [0.4, 0.5) is 4.39 Å². The van der Waals surface area contributed by atoms with E-state index in [1.165, 1.54) is 11.3 Å². The molecule has 0 aromatic carbocycles. The fourth-order valence-electron chi connectivity index (χ4n) is 3.40. The summed E-state index contributed by atoms with van der Waals surface area (Å²) in [6.45, 7) is 23.5. The summed E-state index contributed by atoms with van der Waals surface area (Å²) >= 11 is 1.40. The number of aryl methyl sites for hydroxylation is 1. The number of Topliss-reactive ketones (excluding diaryl/α,β-unsaturated/α-hetero) is 1. The van der Waals surface area contributed by atoms with E-state index in [1.807, 2.05) is 46.9 Å². The van der Waals surface area contributed by atoms with Gasteiger partial charge >= 0.3 is 51.4 Å². The molecule has 0 saturated heterocycles. The van der Waals surface area contributed by atoms with Crippen LogP contribution in [0.3, 0.4) is 0 Å². The molecule has 1 aromatic rings. The third-order valence-corrected chi connectivity index (χ3v) is 6.87. The van der Waals surface area contributed by atoms with Gasteiger partial charge in [-0.05, 0) is 50.2 Å². The van der Waals surface area contributed by atoms with Crippen molar-refractivity contribution in [3.05, 3.63) is 45.3 Å². The molecule has 4 N–H and O–H groups in total. The Kier molecular flexibility index (Phi) is 34.4. The van der Waals surface area contributed by atoms with E-state index in [-0.39, 0.29) is 74.7 Å². The Morgan fingerprint density at radius 3 is 1.95 bits per heavy atom. The molecule has 248 valence electrons. The number of rotatable bonds is 15. The molecule has 0 atom stereocenters. The number of ketones is 1. The molecule has 1 aromatic heterocycles.